The molecule has 1 unspecified atom stereocenters. The Morgan fingerprint density at radius 1 is 1.45 bits per heavy atom. The molecule has 0 N–H and O–H groups in total. The minimum absolute atomic E-state index is 0.101. The fraction of sp³-hybridized carbons (Fsp3) is 0.357. The first kappa shape index (κ1) is 14.7. The van der Waals surface area contributed by atoms with E-state index in [-0.39, 0.29) is 19.6 Å². The number of benzene rings is 1. The fourth-order valence-electron chi connectivity index (χ4n) is 2.02. The quantitative estimate of drug-likeness (QED) is 0.479. The van der Waals surface area contributed by atoms with Gasteiger partial charge in [0.15, 0.2) is 5.78 Å². The van der Waals surface area contributed by atoms with E-state index in [1.165, 1.54) is 0 Å². The number of esters is 1. The SMILES string of the molecule is CCOC(=O)C(=O)C1CCOc2ccc(Br)cc2C1=O. The van der Waals surface area contributed by atoms with Crippen molar-refractivity contribution in [2.24, 2.45) is 5.92 Å². The molecule has 20 heavy (non-hydrogen) atoms. The number of halogens is 1. The zero-order valence-corrected chi connectivity index (χ0v) is 12.4. The van der Waals surface area contributed by atoms with Crippen LogP contribution in [0, 0.1) is 5.92 Å². The van der Waals surface area contributed by atoms with Gasteiger partial charge in [-0.05, 0) is 31.5 Å². The van der Waals surface area contributed by atoms with Crippen molar-refractivity contribution >= 4 is 33.5 Å². The molecule has 0 bridgehead atoms. The maximum absolute atomic E-state index is 12.4. The van der Waals surface area contributed by atoms with Crippen molar-refractivity contribution in [3.8, 4) is 5.75 Å². The molecule has 0 saturated heterocycles. The van der Waals surface area contributed by atoms with Crippen molar-refractivity contribution in [3.05, 3.63) is 28.2 Å². The van der Waals surface area contributed by atoms with Crippen LogP contribution in [-0.4, -0.2) is 30.7 Å². The number of carbonyl (C=O) groups excluding carboxylic acids is 3. The number of hydrogen-bond donors (Lipinski definition) is 0. The van der Waals surface area contributed by atoms with E-state index in [1.807, 2.05) is 0 Å². The van der Waals surface area contributed by atoms with Gasteiger partial charge in [0.1, 0.15) is 5.75 Å². The molecule has 1 aromatic carbocycles. The number of ether oxygens (including phenoxy) is 2. The highest BCUT2D eigenvalue weighted by Gasteiger charge is 2.36. The summed E-state index contributed by atoms with van der Waals surface area (Å²) in [7, 11) is 0. The number of fused-ring (bicyclic) bond motifs is 1. The van der Waals surface area contributed by atoms with E-state index in [0.717, 1.165) is 0 Å². The molecule has 0 fully saturated rings. The fourth-order valence-corrected chi connectivity index (χ4v) is 2.38. The lowest BCUT2D eigenvalue weighted by Gasteiger charge is -2.10. The van der Waals surface area contributed by atoms with Gasteiger partial charge in [0.2, 0.25) is 0 Å². The number of hydrogen-bond acceptors (Lipinski definition) is 5. The van der Waals surface area contributed by atoms with Gasteiger partial charge in [0.25, 0.3) is 5.78 Å². The Balaban J connectivity index is 2.31. The Morgan fingerprint density at radius 3 is 2.90 bits per heavy atom. The first-order chi connectivity index (χ1) is 9.54. The van der Waals surface area contributed by atoms with Gasteiger partial charge in [0, 0.05) is 4.47 Å². The molecule has 6 heteroatoms. The highest BCUT2D eigenvalue weighted by Crippen LogP contribution is 2.30. The van der Waals surface area contributed by atoms with Crippen LogP contribution in [0.2, 0.25) is 0 Å². The summed E-state index contributed by atoms with van der Waals surface area (Å²) in [5.41, 5.74) is 0.305. The van der Waals surface area contributed by atoms with Crippen molar-refractivity contribution < 1.29 is 23.9 Å². The van der Waals surface area contributed by atoms with Gasteiger partial charge in [-0.25, -0.2) is 4.79 Å². The molecule has 0 saturated carbocycles. The molecule has 1 aliphatic heterocycles. The summed E-state index contributed by atoms with van der Waals surface area (Å²) in [4.78, 5) is 35.9. The molecule has 1 aromatic rings. The molecular weight excluding hydrogens is 328 g/mol. The predicted octanol–water partition coefficient (Wildman–Crippen LogP) is 2.16. The summed E-state index contributed by atoms with van der Waals surface area (Å²) >= 11 is 3.27. The Hall–Kier alpha value is -1.69. The summed E-state index contributed by atoms with van der Waals surface area (Å²) in [5, 5.41) is 0. The Morgan fingerprint density at radius 2 is 2.20 bits per heavy atom. The van der Waals surface area contributed by atoms with Gasteiger partial charge in [-0.15, -0.1) is 0 Å². The van der Waals surface area contributed by atoms with Crippen molar-refractivity contribution in [3.63, 3.8) is 0 Å². The molecule has 2 rings (SSSR count). The highest BCUT2D eigenvalue weighted by atomic mass is 79.9. The topological polar surface area (TPSA) is 69.7 Å². The van der Waals surface area contributed by atoms with Crippen LogP contribution < -0.4 is 4.74 Å². The second kappa shape index (κ2) is 6.17. The predicted molar refractivity (Wildman–Crippen MR) is 73.7 cm³/mol. The van der Waals surface area contributed by atoms with Crippen LogP contribution in [0.5, 0.6) is 5.75 Å². The van der Waals surface area contributed by atoms with Crippen LogP contribution in [0.4, 0.5) is 0 Å². The lowest BCUT2D eigenvalue weighted by atomic mass is 9.91. The third-order valence-electron chi connectivity index (χ3n) is 2.98. The molecule has 1 aliphatic rings. The number of rotatable bonds is 3. The van der Waals surface area contributed by atoms with Gasteiger partial charge < -0.3 is 9.47 Å². The van der Waals surface area contributed by atoms with E-state index in [0.29, 0.717) is 15.8 Å². The van der Waals surface area contributed by atoms with Crippen molar-refractivity contribution in [2.75, 3.05) is 13.2 Å². The molecule has 106 valence electrons. The van der Waals surface area contributed by atoms with Crippen molar-refractivity contribution in [1.29, 1.82) is 0 Å². The van der Waals surface area contributed by atoms with Crippen molar-refractivity contribution in [2.45, 2.75) is 13.3 Å². The maximum Gasteiger partial charge on any atom is 0.375 e. The lowest BCUT2D eigenvalue weighted by molar-refractivity contribution is -0.154. The molecule has 1 heterocycles. The lowest BCUT2D eigenvalue weighted by Crippen LogP contribution is -2.31. The summed E-state index contributed by atoms with van der Waals surface area (Å²) in [6.45, 7) is 1.91. The van der Waals surface area contributed by atoms with Gasteiger partial charge in [-0.3, -0.25) is 9.59 Å². The smallest absolute Gasteiger partial charge is 0.375 e. The Labute approximate surface area is 124 Å². The van der Waals surface area contributed by atoms with Crippen LogP contribution in [0.1, 0.15) is 23.7 Å². The van der Waals surface area contributed by atoms with Gasteiger partial charge in [-0.1, -0.05) is 15.9 Å². The van der Waals surface area contributed by atoms with Crippen LogP contribution in [0.3, 0.4) is 0 Å². The molecule has 0 amide bonds. The van der Waals surface area contributed by atoms with E-state index >= 15 is 0 Å². The minimum Gasteiger partial charge on any atom is -0.493 e. The zero-order chi connectivity index (χ0) is 14.7. The normalized spacial score (nSPS) is 17.7. The van der Waals surface area contributed by atoms with Gasteiger partial charge >= 0.3 is 5.97 Å². The monoisotopic (exact) mass is 340 g/mol. The molecule has 1 atom stereocenters. The standard InChI is InChI=1S/C14H13BrO5/c1-2-19-14(18)13(17)9-5-6-20-11-4-3-8(15)7-10(11)12(9)16/h3-4,7,9H,2,5-6H2,1H3. The first-order valence-electron chi connectivity index (χ1n) is 6.22. The first-order valence-corrected chi connectivity index (χ1v) is 7.01. The van der Waals surface area contributed by atoms with Gasteiger partial charge in [-0.2, -0.15) is 0 Å². The summed E-state index contributed by atoms with van der Waals surface area (Å²) in [6, 6.07) is 5.00. The third-order valence-corrected chi connectivity index (χ3v) is 3.47. The summed E-state index contributed by atoms with van der Waals surface area (Å²) in [6.07, 6.45) is 0.169. The number of carbonyl (C=O) groups is 3. The molecule has 0 aliphatic carbocycles. The molecular formula is C14H13BrO5. The second-order valence-corrected chi connectivity index (χ2v) is 5.19. The maximum atomic E-state index is 12.4. The summed E-state index contributed by atoms with van der Waals surface area (Å²) in [5.74, 6) is -2.80. The van der Waals surface area contributed by atoms with Crippen LogP contribution in [-0.2, 0) is 14.3 Å². The van der Waals surface area contributed by atoms with E-state index in [4.69, 9.17) is 4.74 Å². The second-order valence-electron chi connectivity index (χ2n) is 4.28. The molecule has 0 spiro atoms. The van der Waals surface area contributed by atoms with E-state index in [9.17, 15) is 14.4 Å². The highest BCUT2D eigenvalue weighted by molar-refractivity contribution is 9.10. The molecule has 5 nitrogen and oxygen atoms in total. The van der Waals surface area contributed by atoms with Crippen molar-refractivity contribution in [1.82, 2.24) is 0 Å². The largest absolute Gasteiger partial charge is 0.493 e. The number of Topliss-reactive ketones (excluding diaryl/α,β-unsaturated/α-hetero) is 2. The van der Waals surface area contributed by atoms with E-state index in [2.05, 4.69) is 20.7 Å². The van der Waals surface area contributed by atoms with Gasteiger partial charge in [0.05, 0.1) is 24.7 Å². The van der Waals surface area contributed by atoms with Crippen LogP contribution >= 0.6 is 15.9 Å². The number of ketones is 2. The summed E-state index contributed by atoms with van der Waals surface area (Å²) < 4.78 is 10.8. The van der Waals surface area contributed by atoms with E-state index < -0.39 is 23.5 Å². The average Bonchev–Trinajstić information content (AvgIpc) is 2.58. The third kappa shape index (κ3) is 2.90. The van der Waals surface area contributed by atoms with Crippen LogP contribution in [0.15, 0.2) is 22.7 Å². The molecule has 0 aromatic heterocycles. The van der Waals surface area contributed by atoms with Crippen LogP contribution in [0.25, 0.3) is 0 Å². The Kier molecular flexibility index (Phi) is 4.54. The average molecular weight is 341 g/mol. The van der Waals surface area contributed by atoms with E-state index in [1.54, 1.807) is 25.1 Å². The molecule has 0 radical (unpaired) electrons. The minimum atomic E-state index is -1.04. The Bertz CT molecular complexity index is 567. The zero-order valence-electron chi connectivity index (χ0n) is 10.8.